The van der Waals surface area contributed by atoms with Gasteiger partial charge in [-0.25, -0.2) is 0 Å². The van der Waals surface area contributed by atoms with Crippen LogP contribution >= 0.6 is 23.1 Å². The summed E-state index contributed by atoms with van der Waals surface area (Å²) in [4.78, 5) is 23.8. The van der Waals surface area contributed by atoms with Crippen molar-refractivity contribution in [2.45, 2.75) is 50.7 Å². The Morgan fingerprint density at radius 2 is 2.10 bits per heavy atom. The van der Waals surface area contributed by atoms with Crippen LogP contribution in [0.1, 0.15) is 65.5 Å². The zero-order valence-electron chi connectivity index (χ0n) is 12.5. The van der Waals surface area contributed by atoms with E-state index in [1.807, 2.05) is 0 Å². The number of thiophene rings is 1. The molecule has 0 bridgehead atoms. The lowest BCUT2D eigenvalue weighted by atomic mass is 10.0. The fraction of sp³-hybridized carbons (Fsp3) is 0.625. The van der Waals surface area contributed by atoms with Crippen molar-refractivity contribution >= 4 is 34.8 Å². The maximum absolute atomic E-state index is 11.9. The third-order valence-corrected chi connectivity index (χ3v) is 6.22. The van der Waals surface area contributed by atoms with Crippen molar-refractivity contribution in [2.75, 3.05) is 12.3 Å². The van der Waals surface area contributed by atoms with Crippen molar-refractivity contribution < 1.29 is 9.59 Å². The Kier molecular flexibility index (Phi) is 6.77. The van der Waals surface area contributed by atoms with Gasteiger partial charge in [-0.2, -0.15) is 11.8 Å². The van der Waals surface area contributed by atoms with E-state index in [4.69, 9.17) is 0 Å². The van der Waals surface area contributed by atoms with Gasteiger partial charge in [-0.3, -0.25) is 9.59 Å². The SMILES string of the molecule is CC(=O)c1cc(C(=O)NCCCSC2CCCCC2)cs1. The van der Waals surface area contributed by atoms with Gasteiger partial charge in [-0.15, -0.1) is 11.3 Å². The van der Waals surface area contributed by atoms with Crippen molar-refractivity contribution in [1.82, 2.24) is 5.32 Å². The number of hydrogen-bond acceptors (Lipinski definition) is 4. The maximum atomic E-state index is 11.9. The highest BCUT2D eigenvalue weighted by atomic mass is 32.2. The van der Waals surface area contributed by atoms with Crippen LogP contribution in [0.4, 0.5) is 0 Å². The summed E-state index contributed by atoms with van der Waals surface area (Å²) in [5, 5.41) is 5.52. The molecule has 0 aromatic carbocycles. The quantitative estimate of drug-likeness (QED) is 0.605. The van der Waals surface area contributed by atoms with Gasteiger partial charge in [0.05, 0.1) is 10.4 Å². The zero-order valence-corrected chi connectivity index (χ0v) is 14.2. The molecule has 1 aromatic rings. The molecule has 21 heavy (non-hydrogen) atoms. The Balaban J connectivity index is 1.61. The molecule has 1 aliphatic carbocycles. The van der Waals surface area contributed by atoms with E-state index in [2.05, 4.69) is 17.1 Å². The lowest BCUT2D eigenvalue weighted by Gasteiger charge is -2.20. The number of ketones is 1. The number of Topliss-reactive ketones (excluding diaryl/α,β-unsaturated/α-hetero) is 1. The minimum Gasteiger partial charge on any atom is -0.352 e. The fourth-order valence-corrected chi connectivity index (χ4v) is 4.60. The zero-order chi connectivity index (χ0) is 15.1. The Bertz CT molecular complexity index is 478. The van der Waals surface area contributed by atoms with Gasteiger partial charge in [-0.05, 0) is 38.0 Å². The van der Waals surface area contributed by atoms with E-state index in [0.717, 1.165) is 17.4 Å². The van der Waals surface area contributed by atoms with E-state index >= 15 is 0 Å². The molecule has 3 nitrogen and oxygen atoms in total. The Morgan fingerprint density at radius 3 is 2.76 bits per heavy atom. The number of carbonyl (C=O) groups is 2. The minimum atomic E-state index is -0.0681. The maximum Gasteiger partial charge on any atom is 0.252 e. The summed E-state index contributed by atoms with van der Waals surface area (Å²) < 4.78 is 0. The molecule has 2 rings (SSSR count). The molecular formula is C16H23NO2S2. The molecule has 0 unspecified atom stereocenters. The summed E-state index contributed by atoms with van der Waals surface area (Å²) >= 11 is 3.39. The number of hydrogen-bond donors (Lipinski definition) is 1. The van der Waals surface area contributed by atoms with E-state index in [9.17, 15) is 9.59 Å². The molecule has 1 aliphatic rings. The van der Waals surface area contributed by atoms with E-state index in [-0.39, 0.29) is 11.7 Å². The van der Waals surface area contributed by atoms with Crippen molar-refractivity contribution in [2.24, 2.45) is 0 Å². The highest BCUT2D eigenvalue weighted by Gasteiger charge is 2.13. The first kappa shape index (κ1) is 16.6. The molecule has 116 valence electrons. The van der Waals surface area contributed by atoms with Crippen molar-refractivity contribution in [1.29, 1.82) is 0 Å². The van der Waals surface area contributed by atoms with Gasteiger partial charge >= 0.3 is 0 Å². The molecule has 1 fully saturated rings. The number of amides is 1. The van der Waals surface area contributed by atoms with Crippen LogP contribution in [-0.4, -0.2) is 29.2 Å². The Hall–Kier alpha value is -0.810. The molecule has 0 atom stereocenters. The summed E-state index contributed by atoms with van der Waals surface area (Å²) in [6.45, 7) is 2.24. The van der Waals surface area contributed by atoms with Crippen LogP contribution in [0.25, 0.3) is 0 Å². The van der Waals surface area contributed by atoms with Crippen LogP contribution in [0.2, 0.25) is 0 Å². The van der Waals surface area contributed by atoms with Gasteiger partial charge in [0.1, 0.15) is 0 Å². The first-order chi connectivity index (χ1) is 10.2. The van der Waals surface area contributed by atoms with Crippen LogP contribution in [0.5, 0.6) is 0 Å². The first-order valence-electron chi connectivity index (χ1n) is 7.66. The number of thioether (sulfide) groups is 1. The number of carbonyl (C=O) groups excluding carboxylic acids is 2. The topological polar surface area (TPSA) is 46.2 Å². The lowest BCUT2D eigenvalue weighted by Crippen LogP contribution is -2.24. The Labute approximate surface area is 134 Å². The molecule has 0 spiro atoms. The highest BCUT2D eigenvalue weighted by molar-refractivity contribution is 7.99. The summed E-state index contributed by atoms with van der Waals surface area (Å²) in [5.74, 6) is 1.07. The number of nitrogens with one attached hydrogen (secondary N) is 1. The van der Waals surface area contributed by atoms with Crippen molar-refractivity contribution in [3.8, 4) is 0 Å². The standard InChI is InChI=1S/C16H23NO2S2/c1-12(18)15-10-13(11-21-15)16(19)17-8-5-9-20-14-6-3-2-4-7-14/h10-11,14H,2-9H2,1H3,(H,17,19). The number of rotatable bonds is 7. The predicted molar refractivity (Wildman–Crippen MR) is 90.6 cm³/mol. The Morgan fingerprint density at radius 1 is 1.33 bits per heavy atom. The second-order valence-corrected chi connectivity index (χ2v) is 7.82. The third kappa shape index (κ3) is 5.47. The molecule has 5 heteroatoms. The van der Waals surface area contributed by atoms with E-state index < -0.39 is 0 Å². The molecule has 0 radical (unpaired) electrons. The van der Waals surface area contributed by atoms with Gasteiger partial charge in [0.15, 0.2) is 5.78 Å². The average Bonchev–Trinajstić information content (AvgIpc) is 2.98. The van der Waals surface area contributed by atoms with Crippen LogP contribution in [0.15, 0.2) is 11.4 Å². The van der Waals surface area contributed by atoms with Crippen LogP contribution < -0.4 is 5.32 Å². The molecular weight excluding hydrogens is 302 g/mol. The molecule has 1 aromatic heterocycles. The van der Waals surface area contributed by atoms with Crippen LogP contribution in [0, 0.1) is 0 Å². The third-order valence-electron chi connectivity index (χ3n) is 3.72. The smallest absolute Gasteiger partial charge is 0.252 e. The summed E-state index contributed by atoms with van der Waals surface area (Å²) in [6, 6.07) is 1.68. The van der Waals surface area contributed by atoms with Gasteiger partial charge in [0, 0.05) is 17.2 Å². The van der Waals surface area contributed by atoms with Crippen LogP contribution in [0.3, 0.4) is 0 Å². The van der Waals surface area contributed by atoms with Crippen molar-refractivity contribution in [3.63, 3.8) is 0 Å². The second-order valence-electron chi connectivity index (χ2n) is 5.50. The van der Waals surface area contributed by atoms with Gasteiger partial charge in [0.2, 0.25) is 0 Å². The monoisotopic (exact) mass is 325 g/mol. The normalized spacial score (nSPS) is 15.9. The van der Waals surface area contributed by atoms with Gasteiger partial charge in [0.25, 0.3) is 5.91 Å². The molecule has 1 amide bonds. The molecule has 1 heterocycles. The first-order valence-corrected chi connectivity index (χ1v) is 9.59. The van der Waals surface area contributed by atoms with Gasteiger partial charge in [-0.1, -0.05) is 19.3 Å². The van der Waals surface area contributed by atoms with E-state index in [1.54, 1.807) is 11.4 Å². The molecule has 0 aliphatic heterocycles. The highest BCUT2D eigenvalue weighted by Crippen LogP contribution is 2.28. The van der Waals surface area contributed by atoms with Crippen molar-refractivity contribution in [3.05, 3.63) is 21.9 Å². The van der Waals surface area contributed by atoms with Gasteiger partial charge < -0.3 is 5.32 Å². The predicted octanol–water partition coefficient (Wildman–Crippen LogP) is 4.14. The van der Waals surface area contributed by atoms with E-state index in [0.29, 0.717) is 17.0 Å². The molecule has 1 saturated carbocycles. The van der Waals surface area contributed by atoms with E-state index in [1.165, 1.54) is 50.4 Å². The fourth-order valence-electron chi connectivity index (χ4n) is 2.50. The molecule has 0 saturated heterocycles. The van der Waals surface area contributed by atoms with Crippen LogP contribution in [-0.2, 0) is 0 Å². The second kappa shape index (κ2) is 8.59. The largest absolute Gasteiger partial charge is 0.352 e. The summed E-state index contributed by atoms with van der Waals surface area (Å²) in [7, 11) is 0. The molecule has 1 N–H and O–H groups in total. The summed E-state index contributed by atoms with van der Waals surface area (Å²) in [6.07, 6.45) is 7.89. The average molecular weight is 325 g/mol. The lowest BCUT2D eigenvalue weighted by molar-refractivity contribution is 0.0954. The minimum absolute atomic E-state index is 0.0166. The summed E-state index contributed by atoms with van der Waals surface area (Å²) in [5.41, 5.74) is 0.602.